The fourth-order valence-electron chi connectivity index (χ4n) is 4.19. The van der Waals surface area contributed by atoms with Gasteiger partial charge in [0.1, 0.15) is 18.0 Å². The normalized spacial score (nSPS) is 14.4. The Balaban J connectivity index is 1.77. The number of thiocarbonyl (C=S) groups is 1. The lowest BCUT2D eigenvalue weighted by atomic mass is 10.2. The van der Waals surface area contributed by atoms with Crippen LogP contribution in [0.25, 0.3) is 11.8 Å². The number of esters is 1. The quantitative estimate of drug-likeness (QED) is 0.150. The van der Waals surface area contributed by atoms with Gasteiger partial charge in [-0.1, -0.05) is 0 Å². The Bertz CT molecular complexity index is 1430. The Morgan fingerprint density at radius 1 is 1.05 bits per heavy atom. The zero-order chi connectivity index (χ0) is 26.9. The van der Waals surface area contributed by atoms with Crippen molar-refractivity contribution < 1.29 is 24.0 Å². The number of anilines is 1. The molecule has 1 aliphatic heterocycles. The number of aromatic nitrogens is 1. The lowest BCUT2D eigenvalue weighted by Gasteiger charge is -2.19. The topological polar surface area (TPSA) is 107 Å². The van der Waals surface area contributed by atoms with Gasteiger partial charge in [0.15, 0.2) is 5.11 Å². The summed E-state index contributed by atoms with van der Waals surface area (Å²) in [5.74, 6) is -0.310. The van der Waals surface area contributed by atoms with E-state index in [2.05, 4.69) is 0 Å². The summed E-state index contributed by atoms with van der Waals surface area (Å²) < 4.78 is 12.0. The van der Waals surface area contributed by atoms with Gasteiger partial charge in [-0.2, -0.15) is 0 Å². The maximum atomic E-state index is 13.6. The smallest absolute Gasteiger partial charge is 0.325 e. The molecule has 3 aromatic rings. The molecule has 0 saturated carbocycles. The van der Waals surface area contributed by atoms with Crippen LogP contribution in [0.1, 0.15) is 17.0 Å². The van der Waals surface area contributed by atoms with Gasteiger partial charge in [0.05, 0.1) is 24.8 Å². The molecule has 0 aliphatic carbocycles. The number of carbonyl (C=O) groups excluding carboxylic acids is 2. The highest BCUT2D eigenvalue weighted by molar-refractivity contribution is 7.80. The minimum Gasteiger partial charge on any atom is -0.497 e. The minimum atomic E-state index is -0.547. The summed E-state index contributed by atoms with van der Waals surface area (Å²) >= 11 is 5.61. The number of nitrogens with zero attached hydrogens (tertiary/aromatic N) is 4. The van der Waals surface area contributed by atoms with Gasteiger partial charge in [-0.15, -0.1) is 0 Å². The van der Waals surface area contributed by atoms with Crippen LogP contribution < -0.4 is 9.64 Å². The third-order valence-electron chi connectivity index (χ3n) is 6.06. The van der Waals surface area contributed by atoms with E-state index in [1.807, 2.05) is 24.5 Å². The number of carbonyl (C=O) groups is 2. The van der Waals surface area contributed by atoms with Gasteiger partial charge < -0.3 is 18.9 Å². The molecule has 2 aromatic carbocycles. The lowest BCUT2D eigenvalue weighted by molar-refractivity contribution is -0.384. The number of nitro benzene ring substituents is 1. The first-order valence-electron chi connectivity index (χ1n) is 11.2. The van der Waals surface area contributed by atoms with E-state index in [9.17, 15) is 19.7 Å². The zero-order valence-electron chi connectivity index (χ0n) is 20.6. The number of nitro groups is 1. The van der Waals surface area contributed by atoms with Crippen LogP contribution in [-0.4, -0.2) is 52.1 Å². The standard InChI is InChI=1S/C26H24N4O6S/c1-16-13-18(17(2)28(16)19-5-7-21(8-6-19)30(33)34)14-23-25(32)29(20-9-11-22(35-3)12-10-20)26(37)27(23)15-24(31)36-4/h5-14H,15H2,1-4H3/b23-14-. The molecule has 0 bridgehead atoms. The van der Waals surface area contributed by atoms with E-state index in [0.717, 1.165) is 22.6 Å². The van der Waals surface area contributed by atoms with E-state index >= 15 is 0 Å². The van der Waals surface area contributed by atoms with E-state index in [-0.39, 0.29) is 28.9 Å². The first-order chi connectivity index (χ1) is 17.7. The molecule has 0 atom stereocenters. The van der Waals surface area contributed by atoms with Crippen molar-refractivity contribution in [3.8, 4) is 11.4 Å². The largest absolute Gasteiger partial charge is 0.497 e. The predicted molar refractivity (Wildman–Crippen MR) is 142 cm³/mol. The average molecular weight is 521 g/mol. The van der Waals surface area contributed by atoms with Crippen molar-refractivity contribution in [2.45, 2.75) is 13.8 Å². The van der Waals surface area contributed by atoms with Gasteiger partial charge >= 0.3 is 5.97 Å². The molecule has 10 nitrogen and oxygen atoms in total. The number of methoxy groups -OCH3 is 2. The molecule has 4 rings (SSSR count). The first-order valence-corrected chi connectivity index (χ1v) is 11.6. The van der Waals surface area contributed by atoms with Crippen LogP contribution in [0.3, 0.4) is 0 Å². The second kappa shape index (κ2) is 10.2. The van der Waals surface area contributed by atoms with Gasteiger partial charge in [0, 0.05) is 29.2 Å². The molecule has 0 spiro atoms. The Morgan fingerprint density at radius 2 is 1.68 bits per heavy atom. The molecule has 2 heterocycles. The monoisotopic (exact) mass is 520 g/mol. The van der Waals surface area contributed by atoms with E-state index in [1.165, 1.54) is 29.0 Å². The molecule has 0 radical (unpaired) electrons. The summed E-state index contributed by atoms with van der Waals surface area (Å²) in [7, 11) is 2.82. The van der Waals surface area contributed by atoms with Crippen LogP contribution in [-0.2, 0) is 14.3 Å². The molecule has 0 unspecified atom stereocenters. The molecule has 1 fully saturated rings. The van der Waals surface area contributed by atoms with Crippen molar-refractivity contribution in [2.24, 2.45) is 0 Å². The molecule has 1 aromatic heterocycles. The van der Waals surface area contributed by atoms with E-state index < -0.39 is 10.9 Å². The molecular weight excluding hydrogens is 496 g/mol. The molecule has 37 heavy (non-hydrogen) atoms. The Kier molecular flexibility index (Phi) is 7.07. The zero-order valence-corrected chi connectivity index (χ0v) is 21.4. The number of benzene rings is 2. The number of hydrogen-bond acceptors (Lipinski definition) is 7. The number of ether oxygens (including phenoxy) is 2. The third kappa shape index (κ3) is 4.81. The van der Waals surface area contributed by atoms with Crippen LogP contribution in [0.2, 0.25) is 0 Å². The molecule has 1 aliphatic rings. The minimum absolute atomic E-state index is 0.00399. The average Bonchev–Trinajstić information content (AvgIpc) is 3.30. The summed E-state index contributed by atoms with van der Waals surface area (Å²) in [6, 6.07) is 15.0. The Labute approximate surface area is 218 Å². The van der Waals surface area contributed by atoms with Crippen LogP contribution in [0.15, 0.2) is 60.3 Å². The highest BCUT2D eigenvalue weighted by atomic mass is 32.1. The SMILES string of the molecule is COC(=O)CN1C(=S)N(c2ccc(OC)cc2)C(=O)/C1=C/c1cc(C)n(-c2ccc([N+](=O)[O-])cc2)c1C. The highest BCUT2D eigenvalue weighted by Gasteiger charge is 2.40. The summed E-state index contributed by atoms with van der Waals surface area (Å²) in [6.45, 7) is 3.54. The number of non-ortho nitro benzene ring substituents is 1. The van der Waals surface area contributed by atoms with Gasteiger partial charge in [-0.3, -0.25) is 24.6 Å². The molecular formula is C26H24N4O6S. The van der Waals surface area contributed by atoms with Gasteiger partial charge in [-0.25, -0.2) is 0 Å². The molecule has 0 N–H and O–H groups in total. The number of aryl methyl sites for hydroxylation is 1. The van der Waals surface area contributed by atoms with Gasteiger partial charge in [-0.05, 0) is 80.2 Å². The summed E-state index contributed by atoms with van der Waals surface area (Å²) in [6.07, 6.45) is 1.69. The lowest BCUT2D eigenvalue weighted by Crippen LogP contribution is -2.35. The third-order valence-corrected chi connectivity index (χ3v) is 6.46. The van der Waals surface area contributed by atoms with E-state index in [0.29, 0.717) is 11.4 Å². The van der Waals surface area contributed by atoms with Crippen LogP contribution in [0, 0.1) is 24.0 Å². The molecule has 11 heteroatoms. The van der Waals surface area contributed by atoms with Crippen molar-refractivity contribution in [3.05, 3.63) is 87.4 Å². The summed E-state index contributed by atoms with van der Waals surface area (Å²) in [5, 5.41) is 11.2. The number of rotatable bonds is 7. The fourth-order valence-corrected chi connectivity index (χ4v) is 4.54. The van der Waals surface area contributed by atoms with Crippen molar-refractivity contribution in [2.75, 3.05) is 25.7 Å². The molecule has 1 saturated heterocycles. The number of amides is 1. The van der Waals surface area contributed by atoms with Crippen molar-refractivity contribution in [1.82, 2.24) is 9.47 Å². The fraction of sp³-hybridized carbons (Fsp3) is 0.192. The highest BCUT2D eigenvalue weighted by Crippen LogP contribution is 2.32. The predicted octanol–water partition coefficient (Wildman–Crippen LogP) is 4.16. The second-order valence-corrected chi connectivity index (χ2v) is 8.61. The van der Waals surface area contributed by atoms with Crippen LogP contribution in [0.5, 0.6) is 5.75 Å². The van der Waals surface area contributed by atoms with E-state index in [4.69, 9.17) is 21.7 Å². The molecule has 190 valence electrons. The molecule has 1 amide bonds. The van der Waals surface area contributed by atoms with Crippen LogP contribution >= 0.6 is 12.2 Å². The van der Waals surface area contributed by atoms with E-state index in [1.54, 1.807) is 49.6 Å². The van der Waals surface area contributed by atoms with Crippen molar-refractivity contribution in [3.63, 3.8) is 0 Å². The van der Waals surface area contributed by atoms with Crippen LogP contribution in [0.4, 0.5) is 11.4 Å². The maximum Gasteiger partial charge on any atom is 0.325 e. The van der Waals surface area contributed by atoms with Gasteiger partial charge in [0.25, 0.3) is 11.6 Å². The van der Waals surface area contributed by atoms with Crippen molar-refractivity contribution >= 4 is 46.7 Å². The first kappa shape index (κ1) is 25.6. The Morgan fingerprint density at radius 3 is 2.24 bits per heavy atom. The number of hydrogen-bond donors (Lipinski definition) is 0. The summed E-state index contributed by atoms with van der Waals surface area (Å²) in [4.78, 5) is 39.2. The second-order valence-electron chi connectivity index (χ2n) is 8.25. The maximum absolute atomic E-state index is 13.6. The van der Waals surface area contributed by atoms with Gasteiger partial charge in [0.2, 0.25) is 0 Å². The van der Waals surface area contributed by atoms with Crippen molar-refractivity contribution in [1.29, 1.82) is 0 Å². The Hall–Kier alpha value is -4.51. The summed E-state index contributed by atoms with van der Waals surface area (Å²) in [5.41, 5.74) is 3.88.